The van der Waals surface area contributed by atoms with E-state index in [9.17, 15) is 18.8 Å². The van der Waals surface area contributed by atoms with Crippen LogP contribution in [0.4, 0.5) is 36.1 Å². The maximum absolute atomic E-state index is 15.9. The third-order valence-electron chi connectivity index (χ3n) is 13.2. The summed E-state index contributed by atoms with van der Waals surface area (Å²) in [6.07, 6.45) is 4.23. The molecule has 5 aliphatic rings. The van der Waals surface area contributed by atoms with E-state index in [4.69, 9.17) is 21.7 Å². The van der Waals surface area contributed by atoms with E-state index in [0.717, 1.165) is 40.2 Å². The van der Waals surface area contributed by atoms with Crippen LogP contribution in [-0.4, -0.2) is 124 Å². The van der Waals surface area contributed by atoms with Crippen molar-refractivity contribution < 1.29 is 27.6 Å². The first kappa shape index (κ1) is 41.2. The molecule has 3 aromatic heterocycles. The SMILES string of the molecule is CNc1cc(N2CCc3c(-c4ccc(CN5CC[C@H](N6CCN(c7ccc(Cl)c(C8CCC(=O)NC8=O)c7)CC6)C(F)(F)C5)cn4)cccc32)nn2c(C(=O)NC3C[C@@H]3F)cnc12. The lowest BCUT2D eigenvalue weighted by atomic mass is 9.90. The maximum atomic E-state index is 15.9. The highest BCUT2D eigenvalue weighted by atomic mass is 35.5. The van der Waals surface area contributed by atoms with E-state index in [1.807, 2.05) is 58.3 Å². The molecule has 2 aromatic carbocycles. The molecule has 2 unspecified atom stereocenters. The number of carbonyl (C=O) groups is 3. The molecule has 0 spiro atoms. The largest absolute Gasteiger partial charge is 0.385 e. The lowest BCUT2D eigenvalue weighted by Gasteiger charge is -2.46. The molecule has 0 radical (unpaired) electrons. The molecule has 3 amide bonds. The van der Waals surface area contributed by atoms with Crippen molar-refractivity contribution in [3.05, 3.63) is 94.4 Å². The first-order chi connectivity index (χ1) is 30.4. The summed E-state index contributed by atoms with van der Waals surface area (Å²) in [4.78, 5) is 54.5. The molecule has 5 aromatic rings. The number of benzene rings is 2. The number of rotatable bonds is 10. The predicted molar refractivity (Wildman–Crippen MR) is 233 cm³/mol. The molecule has 3 N–H and O–H groups in total. The Kier molecular flexibility index (Phi) is 10.7. The van der Waals surface area contributed by atoms with E-state index in [2.05, 4.69) is 30.7 Å². The van der Waals surface area contributed by atoms with Crippen LogP contribution in [-0.2, 0) is 22.6 Å². The van der Waals surface area contributed by atoms with Crippen LogP contribution in [0, 0.1) is 0 Å². The fraction of sp³-hybridized carbons (Fsp3) is 0.422. The Hall–Kier alpha value is -5.78. The summed E-state index contributed by atoms with van der Waals surface area (Å²) >= 11 is 6.50. The van der Waals surface area contributed by atoms with Crippen LogP contribution in [0.1, 0.15) is 58.8 Å². The Morgan fingerprint density at radius 1 is 0.968 bits per heavy atom. The Balaban J connectivity index is 0.772. The zero-order valence-electron chi connectivity index (χ0n) is 34.7. The molecule has 7 heterocycles. The van der Waals surface area contributed by atoms with Gasteiger partial charge in [0.25, 0.3) is 11.8 Å². The smallest absolute Gasteiger partial charge is 0.275 e. The first-order valence-electron chi connectivity index (χ1n) is 21.5. The minimum absolute atomic E-state index is 0.225. The number of imide groups is 1. The number of halogens is 4. The second kappa shape index (κ2) is 16.4. The van der Waals surface area contributed by atoms with Gasteiger partial charge in [-0.15, -0.1) is 5.10 Å². The van der Waals surface area contributed by atoms with Crippen molar-refractivity contribution in [2.24, 2.45) is 0 Å². The second-order valence-corrected chi connectivity index (χ2v) is 17.5. The Morgan fingerprint density at radius 3 is 2.52 bits per heavy atom. The van der Waals surface area contributed by atoms with Crippen molar-refractivity contribution in [2.75, 3.05) is 68.0 Å². The third kappa shape index (κ3) is 7.95. The summed E-state index contributed by atoms with van der Waals surface area (Å²) < 4.78 is 47.0. The monoisotopic (exact) mass is 881 g/mol. The first-order valence-corrected chi connectivity index (χ1v) is 21.9. The van der Waals surface area contributed by atoms with Gasteiger partial charge in [-0.2, -0.15) is 0 Å². The number of nitrogens with one attached hydrogen (secondary N) is 3. The van der Waals surface area contributed by atoms with Gasteiger partial charge in [-0.1, -0.05) is 29.8 Å². The van der Waals surface area contributed by atoms with E-state index < -0.39 is 36.0 Å². The van der Waals surface area contributed by atoms with Crippen LogP contribution in [0.15, 0.2) is 67.0 Å². The summed E-state index contributed by atoms with van der Waals surface area (Å²) in [6.45, 7) is 3.30. The van der Waals surface area contributed by atoms with Crippen molar-refractivity contribution >= 4 is 57.8 Å². The molecule has 14 nitrogen and oxygen atoms in total. The van der Waals surface area contributed by atoms with E-state index >= 15 is 8.78 Å². The van der Waals surface area contributed by atoms with Crippen molar-refractivity contribution in [3.8, 4) is 11.3 Å². The van der Waals surface area contributed by atoms with Crippen LogP contribution in [0.2, 0.25) is 5.02 Å². The summed E-state index contributed by atoms with van der Waals surface area (Å²) in [5.74, 6) is -3.85. The number of alkyl halides is 3. The van der Waals surface area contributed by atoms with Crippen LogP contribution < -0.4 is 25.8 Å². The lowest BCUT2D eigenvalue weighted by Crippen LogP contribution is -2.61. The van der Waals surface area contributed by atoms with E-state index in [-0.39, 0.29) is 30.5 Å². The molecule has 10 rings (SSSR count). The number of imidazole rings is 1. The van der Waals surface area contributed by atoms with Crippen LogP contribution in [0.5, 0.6) is 0 Å². The summed E-state index contributed by atoms with van der Waals surface area (Å²) in [5, 5.41) is 13.6. The number of aromatic nitrogens is 4. The van der Waals surface area contributed by atoms with Gasteiger partial charge in [-0.3, -0.25) is 34.5 Å². The molecule has 18 heteroatoms. The molecule has 0 bridgehead atoms. The fourth-order valence-electron chi connectivity index (χ4n) is 9.69. The standard InChI is InChI=1S/C45H47ClF3N11O3/c1-50-36-21-40(55-60-38(23-52-42(36)60)44(63)53-35-20-33(35)47)59-14-11-29-28(3-2-4-37(29)59)34-9-5-26(22-51-34)24-56-13-12-39(45(48,49)25-56)58-17-15-57(16-18-58)27-6-8-32(46)31(19-27)30-7-10-41(61)54-43(30)62/h2-6,8-9,19,21-23,30,33,35,39,50H,7,10-18,20,24-25H2,1H3,(H,53,63)(H,54,61,62)/t30?,33-,35?,39-/m0/s1. The summed E-state index contributed by atoms with van der Waals surface area (Å²) in [5.41, 5.74) is 7.64. The average Bonchev–Trinajstić information content (AvgIpc) is 3.59. The number of fused-ring (bicyclic) bond motifs is 2. The Morgan fingerprint density at radius 2 is 1.79 bits per heavy atom. The molecule has 328 valence electrons. The van der Waals surface area contributed by atoms with Gasteiger partial charge in [0.2, 0.25) is 11.8 Å². The number of carbonyl (C=O) groups excluding carboxylic acids is 3. The second-order valence-electron chi connectivity index (χ2n) is 17.1. The molecule has 4 atom stereocenters. The van der Waals surface area contributed by atoms with Crippen LogP contribution in [0.3, 0.4) is 0 Å². The van der Waals surface area contributed by atoms with Gasteiger partial charge in [0.05, 0.1) is 42.1 Å². The number of piperidine rings is 2. The molecule has 1 saturated carbocycles. The van der Waals surface area contributed by atoms with Gasteiger partial charge in [0.1, 0.15) is 6.17 Å². The number of likely N-dealkylation sites (tertiary alicyclic amines) is 1. The Bertz CT molecular complexity index is 2600. The summed E-state index contributed by atoms with van der Waals surface area (Å²) in [6, 6.07) is 16.1. The van der Waals surface area contributed by atoms with Crippen molar-refractivity contribution in [2.45, 2.75) is 68.7 Å². The number of amides is 3. The zero-order valence-corrected chi connectivity index (χ0v) is 35.4. The minimum Gasteiger partial charge on any atom is -0.385 e. The van der Waals surface area contributed by atoms with Crippen LogP contribution in [0.25, 0.3) is 16.9 Å². The number of piperazine rings is 1. The van der Waals surface area contributed by atoms with Crippen molar-refractivity contribution in [3.63, 3.8) is 0 Å². The van der Waals surface area contributed by atoms with E-state index in [1.165, 1.54) is 10.7 Å². The average molecular weight is 882 g/mol. The zero-order chi connectivity index (χ0) is 43.6. The highest BCUT2D eigenvalue weighted by molar-refractivity contribution is 6.31. The number of hydrogen-bond acceptors (Lipinski definition) is 11. The number of pyridine rings is 1. The van der Waals surface area contributed by atoms with Crippen molar-refractivity contribution in [1.82, 2.24) is 40.0 Å². The topological polar surface area (TPSA) is 143 Å². The molecule has 63 heavy (non-hydrogen) atoms. The quantitative estimate of drug-likeness (QED) is 0.152. The molecule has 4 aliphatic heterocycles. The van der Waals surface area contributed by atoms with Gasteiger partial charge >= 0.3 is 0 Å². The maximum Gasteiger partial charge on any atom is 0.275 e. The van der Waals surface area contributed by atoms with Gasteiger partial charge in [0, 0.05) is 99.9 Å². The predicted octanol–water partition coefficient (Wildman–Crippen LogP) is 5.57. The highest BCUT2D eigenvalue weighted by Gasteiger charge is 2.48. The summed E-state index contributed by atoms with van der Waals surface area (Å²) in [7, 11) is 1.78. The van der Waals surface area contributed by atoms with Gasteiger partial charge in [0.15, 0.2) is 17.2 Å². The van der Waals surface area contributed by atoms with Gasteiger partial charge in [-0.05, 0) is 66.3 Å². The van der Waals surface area contributed by atoms with Gasteiger partial charge in [-0.25, -0.2) is 22.7 Å². The molecular formula is C45H47ClF3N11O3. The van der Waals surface area contributed by atoms with Crippen molar-refractivity contribution in [1.29, 1.82) is 0 Å². The minimum atomic E-state index is -2.90. The molecular weight excluding hydrogens is 835 g/mol. The Labute approximate surface area is 366 Å². The number of anilines is 4. The van der Waals surface area contributed by atoms with E-state index in [1.54, 1.807) is 19.3 Å². The number of hydrogen-bond donors (Lipinski definition) is 3. The third-order valence-corrected chi connectivity index (χ3v) is 13.5. The van der Waals surface area contributed by atoms with Crippen LogP contribution >= 0.6 is 11.6 Å². The normalized spacial score (nSPS) is 23.8. The van der Waals surface area contributed by atoms with Gasteiger partial charge < -0.3 is 20.4 Å². The molecule has 4 fully saturated rings. The molecule has 1 aliphatic carbocycles. The van der Waals surface area contributed by atoms with E-state index in [0.29, 0.717) is 92.8 Å². The molecule has 3 saturated heterocycles. The fourth-order valence-corrected chi connectivity index (χ4v) is 9.94. The lowest BCUT2D eigenvalue weighted by molar-refractivity contribution is -0.134. The highest BCUT2D eigenvalue weighted by Crippen LogP contribution is 2.41. The number of nitrogens with zero attached hydrogens (tertiary/aromatic N) is 8.